The van der Waals surface area contributed by atoms with Crippen LogP contribution in [0.5, 0.6) is 0 Å². The quantitative estimate of drug-likeness (QED) is 0.710. The van der Waals surface area contributed by atoms with Crippen molar-refractivity contribution in [2.75, 3.05) is 5.32 Å². The van der Waals surface area contributed by atoms with Crippen molar-refractivity contribution in [1.82, 2.24) is 19.1 Å². The second kappa shape index (κ2) is 7.59. The first-order chi connectivity index (χ1) is 13.2. The topological polar surface area (TPSA) is 64.7 Å². The normalized spacial score (nSPS) is 18.4. The highest BCUT2D eigenvalue weighted by Crippen LogP contribution is 2.38. The summed E-state index contributed by atoms with van der Waals surface area (Å²) in [4.78, 5) is 22.8. The number of halogens is 1. The van der Waals surface area contributed by atoms with Crippen LogP contribution in [0.1, 0.15) is 49.9 Å². The van der Waals surface area contributed by atoms with E-state index in [4.69, 9.17) is 9.97 Å². The van der Waals surface area contributed by atoms with Gasteiger partial charge < -0.3 is 5.32 Å². The van der Waals surface area contributed by atoms with Crippen molar-refractivity contribution in [2.45, 2.75) is 64.1 Å². The summed E-state index contributed by atoms with van der Waals surface area (Å²) in [6.07, 6.45) is 5.37. The van der Waals surface area contributed by atoms with Gasteiger partial charge in [0.15, 0.2) is 5.82 Å². The van der Waals surface area contributed by atoms with Gasteiger partial charge in [0.2, 0.25) is 0 Å². The Kier molecular flexibility index (Phi) is 5.15. The Bertz CT molecular complexity index is 992. The lowest BCUT2D eigenvalue weighted by Gasteiger charge is -2.21. The van der Waals surface area contributed by atoms with Gasteiger partial charge in [0, 0.05) is 25.0 Å². The van der Waals surface area contributed by atoms with Crippen molar-refractivity contribution < 1.29 is 0 Å². The molecule has 3 heterocycles. The molecule has 1 saturated carbocycles. The SMILES string of the molecule is CCCn1c2nc(C3CCC3)nc-2c2n(c1=O)C[C@@H](Cc1ccccc1)N2.Cl. The van der Waals surface area contributed by atoms with E-state index < -0.39 is 0 Å². The monoisotopic (exact) mass is 399 g/mol. The zero-order valence-corrected chi connectivity index (χ0v) is 16.9. The second-order valence-corrected chi connectivity index (χ2v) is 7.81. The van der Waals surface area contributed by atoms with Crippen LogP contribution >= 0.6 is 12.4 Å². The molecular weight excluding hydrogens is 374 g/mol. The van der Waals surface area contributed by atoms with Gasteiger partial charge in [0.25, 0.3) is 0 Å². The van der Waals surface area contributed by atoms with E-state index in [-0.39, 0.29) is 24.1 Å². The van der Waals surface area contributed by atoms with E-state index in [0.717, 1.165) is 48.8 Å². The Morgan fingerprint density at radius 2 is 1.96 bits per heavy atom. The summed E-state index contributed by atoms with van der Waals surface area (Å²) in [6.45, 7) is 3.45. The lowest BCUT2D eigenvalue weighted by molar-refractivity contribution is 0.404. The molecule has 1 aromatic carbocycles. The minimum absolute atomic E-state index is 0. The number of aromatic nitrogens is 4. The van der Waals surface area contributed by atoms with E-state index in [0.29, 0.717) is 19.0 Å². The zero-order valence-electron chi connectivity index (χ0n) is 16.1. The predicted molar refractivity (Wildman–Crippen MR) is 113 cm³/mol. The maximum atomic E-state index is 13.1. The third-order valence-electron chi connectivity index (χ3n) is 5.86. The Hall–Kier alpha value is -2.34. The molecule has 0 bridgehead atoms. The third kappa shape index (κ3) is 3.09. The van der Waals surface area contributed by atoms with Crippen molar-refractivity contribution in [2.24, 2.45) is 0 Å². The molecule has 0 saturated heterocycles. The summed E-state index contributed by atoms with van der Waals surface area (Å²) < 4.78 is 3.69. The first kappa shape index (κ1) is 19.0. The van der Waals surface area contributed by atoms with Gasteiger partial charge in [-0.3, -0.25) is 9.13 Å². The van der Waals surface area contributed by atoms with Gasteiger partial charge in [-0.25, -0.2) is 14.8 Å². The summed E-state index contributed by atoms with van der Waals surface area (Å²) in [6, 6.07) is 10.6. The second-order valence-electron chi connectivity index (χ2n) is 7.81. The molecule has 5 rings (SSSR count). The molecule has 1 fully saturated rings. The number of hydrogen-bond donors (Lipinski definition) is 1. The van der Waals surface area contributed by atoms with E-state index in [1.54, 1.807) is 0 Å². The van der Waals surface area contributed by atoms with Crippen LogP contribution in [0.4, 0.5) is 5.82 Å². The molecular formula is C21H26ClN5O. The molecule has 0 spiro atoms. The largest absolute Gasteiger partial charge is 0.365 e. The molecule has 7 heteroatoms. The first-order valence-corrected chi connectivity index (χ1v) is 10.1. The average molecular weight is 400 g/mol. The highest BCUT2D eigenvalue weighted by Gasteiger charge is 2.33. The number of fused-ring (bicyclic) bond motifs is 3. The van der Waals surface area contributed by atoms with Crippen LogP contribution < -0.4 is 11.0 Å². The molecule has 6 nitrogen and oxygen atoms in total. The van der Waals surface area contributed by atoms with Crippen LogP contribution in [0.15, 0.2) is 35.1 Å². The van der Waals surface area contributed by atoms with Crippen molar-refractivity contribution in [1.29, 1.82) is 0 Å². The summed E-state index contributed by atoms with van der Waals surface area (Å²) in [7, 11) is 0. The minimum Gasteiger partial charge on any atom is -0.365 e. The van der Waals surface area contributed by atoms with E-state index >= 15 is 0 Å². The fourth-order valence-electron chi connectivity index (χ4n) is 4.22. The van der Waals surface area contributed by atoms with Crippen LogP contribution in [-0.2, 0) is 19.5 Å². The first-order valence-electron chi connectivity index (χ1n) is 10.1. The van der Waals surface area contributed by atoms with Crippen molar-refractivity contribution >= 4 is 18.2 Å². The molecule has 3 aliphatic heterocycles. The highest BCUT2D eigenvalue weighted by molar-refractivity contribution is 5.85. The van der Waals surface area contributed by atoms with Gasteiger partial charge in [0.1, 0.15) is 17.3 Å². The molecule has 0 radical (unpaired) electrons. The van der Waals surface area contributed by atoms with Gasteiger partial charge in [-0.15, -0.1) is 12.4 Å². The number of rotatable bonds is 5. The summed E-state index contributed by atoms with van der Waals surface area (Å²) in [5.74, 6) is 2.98. The Morgan fingerprint density at radius 3 is 2.64 bits per heavy atom. The molecule has 28 heavy (non-hydrogen) atoms. The van der Waals surface area contributed by atoms with Crippen LogP contribution in [0.25, 0.3) is 11.5 Å². The number of benzene rings is 1. The summed E-state index contributed by atoms with van der Waals surface area (Å²) >= 11 is 0. The molecule has 1 aliphatic carbocycles. The van der Waals surface area contributed by atoms with E-state index in [1.807, 2.05) is 15.2 Å². The molecule has 0 unspecified atom stereocenters. The number of anilines is 1. The Balaban J connectivity index is 0.00000192. The number of nitrogens with zero attached hydrogens (tertiary/aromatic N) is 4. The summed E-state index contributed by atoms with van der Waals surface area (Å²) in [5, 5.41) is 3.57. The van der Waals surface area contributed by atoms with Gasteiger partial charge in [0.05, 0.1) is 0 Å². The molecule has 0 amide bonds. The Morgan fingerprint density at radius 1 is 1.18 bits per heavy atom. The van der Waals surface area contributed by atoms with Crippen LogP contribution in [0.2, 0.25) is 0 Å². The number of imidazole rings is 1. The molecule has 1 N–H and O–H groups in total. The van der Waals surface area contributed by atoms with Crippen molar-refractivity contribution in [3.8, 4) is 11.5 Å². The van der Waals surface area contributed by atoms with Crippen LogP contribution in [-0.4, -0.2) is 25.1 Å². The summed E-state index contributed by atoms with van der Waals surface area (Å²) in [5.41, 5.74) is 2.17. The molecule has 148 valence electrons. The fourth-order valence-corrected chi connectivity index (χ4v) is 4.22. The van der Waals surface area contributed by atoms with E-state index in [9.17, 15) is 4.79 Å². The maximum Gasteiger partial charge on any atom is 0.331 e. The highest BCUT2D eigenvalue weighted by atomic mass is 35.5. The van der Waals surface area contributed by atoms with Gasteiger partial charge in [-0.1, -0.05) is 43.7 Å². The van der Waals surface area contributed by atoms with Gasteiger partial charge in [-0.2, -0.15) is 0 Å². The standard InChI is InChI=1S/C21H25N5O.ClH/c1-2-11-25-20-17(23-18(24-20)15-9-6-10-15)19-22-16(13-26(19)21(25)27)12-14-7-4-3-5-8-14;/h3-5,7-8,15-16,22H,2,6,9-13H2,1H3;1H/t16-;/m1./s1. The molecule has 4 aliphatic rings. The minimum atomic E-state index is 0. The zero-order chi connectivity index (χ0) is 18.4. The average Bonchev–Trinajstić information content (AvgIpc) is 3.22. The molecule has 1 aromatic rings. The fraction of sp³-hybridized carbons (Fsp3) is 0.476. The lowest BCUT2D eigenvalue weighted by atomic mass is 9.85. The van der Waals surface area contributed by atoms with Gasteiger partial charge >= 0.3 is 5.69 Å². The number of hydrogen-bond acceptors (Lipinski definition) is 4. The van der Waals surface area contributed by atoms with E-state index in [1.165, 1.54) is 12.0 Å². The van der Waals surface area contributed by atoms with Crippen molar-refractivity contribution in [3.63, 3.8) is 0 Å². The van der Waals surface area contributed by atoms with Crippen LogP contribution in [0.3, 0.4) is 0 Å². The predicted octanol–water partition coefficient (Wildman–Crippen LogP) is 3.68. The Labute approximate surface area is 170 Å². The van der Waals surface area contributed by atoms with Crippen molar-refractivity contribution in [3.05, 3.63) is 52.2 Å². The molecule has 1 atom stereocenters. The van der Waals surface area contributed by atoms with Crippen LogP contribution in [0, 0.1) is 0 Å². The van der Waals surface area contributed by atoms with Gasteiger partial charge in [-0.05, 0) is 31.2 Å². The lowest BCUT2D eigenvalue weighted by Crippen LogP contribution is -2.32. The maximum absolute atomic E-state index is 13.1. The number of nitrogens with one attached hydrogen (secondary N) is 1. The third-order valence-corrected chi connectivity index (χ3v) is 5.86. The molecule has 0 aromatic heterocycles. The van der Waals surface area contributed by atoms with E-state index in [2.05, 4.69) is 36.5 Å². The smallest absolute Gasteiger partial charge is 0.331 e.